The maximum atomic E-state index is 4.44. The Morgan fingerprint density at radius 2 is 2.33 bits per heavy atom. The number of hydrogen-bond acceptors (Lipinski definition) is 2. The predicted molar refractivity (Wildman–Crippen MR) is 63.5 cm³/mol. The van der Waals surface area contributed by atoms with Gasteiger partial charge in [0, 0.05) is 12.6 Å². The molecule has 0 amide bonds. The summed E-state index contributed by atoms with van der Waals surface area (Å²) in [6.45, 7) is 4.02. The third-order valence-corrected chi connectivity index (χ3v) is 2.47. The molecule has 0 spiro atoms. The van der Waals surface area contributed by atoms with Crippen LogP contribution in [0.1, 0.15) is 37.6 Å². The molecule has 15 heavy (non-hydrogen) atoms. The van der Waals surface area contributed by atoms with Crippen LogP contribution < -0.4 is 5.32 Å². The Labute approximate surface area is 92.1 Å². The second kappa shape index (κ2) is 6.21. The molecule has 2 heteroatoms. The summed E-state index contributed by atoms with van der Waals surface area (Å²) in [5.74, 6) is 6.02. The summed E-state index contributed by atoms with van der Waals surface area (Å²) < 4.78 is 0. The summed E-state index contributed by atoms with van der Waals surface area (Å²) in [6, 6.07) is 4.36. The molecule has 2 nitrogen and oxygen atoms in total. The van der Waals surface area contributed by atoms with Gasteiger partial charge in [0.05, 0.1) is 11.7 Å². The van der Waals surface area contributed by atoms with Gasteiger partial charge in [-0.1, -0.05) is 13.0 Å². The first kappa shape index (κ1) is 11.7. The highest BCUT2D eigenvalue weighted by Gasteiger charge is 2.12. The van der Waals surface area contributed by atoms with Crippen molar-refractivity contribution < 1.29 is 0 Å². The predicted octanol–water partition coefficient (Wildman–Crippen LogP) is 2.32. The molecule has 0 saturated heterocycles. The number of aromatic nitrogens is 1. The van der Waals surface area contributed by atoms with E-state index in [1.165, 1.54) is 5.56 Å². The van der Waals surface area contributed by atoms with Crippen molar-refractivity contribution >= 4 is 0 Å². The lowest BCUT2D eigenvalue weighted by atomic mass is 10.0. The van der Waals surface area contributed by atoms with E-state index in [9.17, 15) is 0 Å². The Morgan fingerprint density at radius 3 is 2.93 bits per heavy atom. The number of rotatable bonds is 4. The number of aryl methyl sites for hydroxylation is 1. The van der Waals surface area contributed by atoms with Gasteiger partial charge in [-0.25, -0.2) is 0 Å². The van der Waals surface area contributed by atoms with Gasteiger partial charge in [-0.3, -0.25) is 4.98 Å². The van der Waals surface area contributed by atoms with E-state index in [-0.39, 0.29) is 6.04 Å². The molecule has 1 unspecified atom stereocenters. The van der Waals surface area contributed by atoms with Crippen LogP contribution in [-0.2, 0) is 6.42 Å². The summed E-state index contributed by atoms with van der Waals surface area (Å²) >= 11 is 0. The van der Waals surface area contributed by atoms with E-state index < -0.39 is 0 Å². The molecule has 0 fully saturated rings. The zero-order valence-electron chi connectivity index (χ0n) is 9.67. The van der Waals surface area contributed by atoms with Crippen LogP contribution in [0.15, 0.2) is 18.3 Å². The second-order valence-electron chi connectivity index (χ2n) is 3.37. The standard InChI is InChI=1S/C13H18N2/c1-4-6-9-12(14-3)13-11(5-2)8-7-10-15-13/h7-8,10,12,14H,5,9H2,1-3H3. The van der Waals surface area contributed by atoms with Crippen LogP contribution in [0.25, 0.3) is 0 Å². The molecule has 1 aromatic heterocycles. The molecule has 80 valence electrons. The van der Waals surface area contributed by atoms with Crippen LogP contribution >= 0.6 is 0 Å². The van der Waals surface area contributed by atoms with Crippen molar-refractivity contribution in [3.05, 3.63) is 29.6 Å². The summed E-state index contributed by atoms with van der Waals surface area (Å²) in [7, 11) is 1.95. The second-order valence-corrected chi connectivity index (χ2v) is 3.37. The van der Waals surface area contributed by atoms with E-state index in [0.29, 0.717) is 0 Å². The SMILES string of the molecule is CC#CCC(NC)c1ncccc1CC. The van der Waals surface area contributed by atoms with Gasteiger partial charge in [-0.15, -0.1) is 11.8 Å². The summed E-state index contributed by atoms with van der Waals surface area (Å²) in [4.78, 5) is 4.44. The fraction of sp³-hybridized carbons (Fsp3) is 0.462. The van der Waals surface area contributed by atoms with Crippen molar-refractivity contribution in [3.8, 4) is 11.8 Å². The lowest BCUT2D eigenvalue weighted by molar-refractivity contribution is 0.587. The van der Waals surface area contributed by atoms with Crippen molar-refractivity contribution in [2.45, 2.75) is 32.7 Å². The van der Waals surface area contributed by atoms with Gasteiger partial charge in [0.15, 0.2) is 0 Å². The topological polar surface area (TPSA) is 24.9 Å². The van der Waals surface area contributed by atoms with Crippen molar-refractivity contribution in [3.63, 3.8) is 0 Å². The molecule has 0 saturated carbocycles. The maximum Gasteiger partial charge on any atom is 0.0614 e. The van der Waals surface area contributed by atoms with E-state index in [4.69, 9.17) is 0 Å². The molecule has 1 aromatic rings. The van der Waals surface area contributed by atoms with Crippen LogP contribution in [0.5, 0.6) is 0 Å². The minimum absolute atomic E-state index is 0.244. The van der Waals surface area contributed by atoms with E-state index >= 15 is 0 Å². The molecule has 0 aliphatic carbocycles. The fourth-order valence-electron chi connectivity index (χ4n) is 1.60. The maximum absolute atomic E-state index is 4.44. The molecular formula is C13H18N2. The van der Waals surface area contributed by atoms with Crippen LogP contribution in [0.2, 0.25) is 0 Å². The monoisotopic (exact) mass is 202 g/mol. The third kappa shape index (κ3) is 3.07. The molecule has 0 aliphatic heterocycles. The average Bonchev–Trinajstić information content (AvgIpc) is 2.30. The highest BCUT2D eigenvalue weighted by Crippen LogP contribution is 2.18. The molecule has 1 atom stereocenters. The van der Waals surface area contributed by atoms with E-state index in [2.05, 4.69) is 35.1 Å². The van der Waals surface area contributed by atoms with Gasteiger partial charge < -0.3 is 5.32 Å². The van der Waals surface area contributed by atoms with Crippen LogP contribution in [0.4, 0.5) is 0 Å². The molecular weight excluding hydrogens is 184 g/mol. The molecule has 1 N–H and O–H groups in total. The quantitative estimate of drug-likeness (QED) is 0.758. The lowest BCUT2D eigenvalue weighted by Crippen LogP contribution is -2.18. The van der Waals surface area contributed by atoms with Crippen molar-refractivity contribution in [2.24, 2.45) is 0 Å². The molecule has 0 bridgehead atoms. The first-order chi connectivity index (χ1) is 7.33. The smallest absolute Gasteiger partial charge is 0.0614 e. The molecule has 0 aromatic carbocycles. The number of nitrogens with one attached hydrogen (secondary N) is 1. The zero-order valence-corrected chi connectivity index (χ0v) is 9.67. The Hall–Kier alpha value is -1.33. The van der Waals surface area contributed by atoms with Crippen molar-refractivity contribution in [1.82, 2.24) is 10.3 Å². The minimum atomic E-state index is 0.244. The van der Waals surface area contributed by atoms with Crippen molar-refractivity contribution in [1.29, 1.82) is 0 Å². The van der Waals surface area contributed by atoms with Gasteiger partial charge in [-0.2, -0.15) is 0 Å². The van der Waals surface area contributed by atoms with E-state index in [1.807, 2.05) is 26.2 Å². The fourth-order valence-corrected chi connectivity index (χ4v) is 1.60. The van der Waals surface area contributed by atoms with Crippen LogP contribution in [0.3, 0.4) is 0 Å². The highest BCUT2D eigenvalue weighted by atomic mass is 14.9. The Morgan fingerprint density at radius 1 is 1.53 bits per heavy atom. The largest absolute Gasteiger partial charge is 0.311 e. The Kier molecular flexibility index (Phi) is 4.86. The first-order valence-electron chi connectivity index (χ1n) is 5.34. The van der Waals surface area contributed by atoms with E-state index in [1.54, 1.807) is 0 Å². The normalized spacial score (nSPS) is 11.7. The molecule has 0 aliphatic rings. The number of pyridine rings is 1. The third-order valence-electron chi connectivity index (χ3n) is 2.47. The number of hydrogen-bond donors (Lipinski definition) is 1. The molecule has 1 rings (SSSR count). The molecule has 0 radical (unpaired) electrons. The summed E-state index contributed by atoms with van der Waals surface area (Å²) in [5.41, 5.74) is 2.43. The average molecular weight is 202 g/mol. The first-order valence-corrected chi connectivity index (χ1v) is 5.34. The van der Waals surface area contributed by atoms with Gasteiger partial charge in [0.25, 0.3) is 0 Å². The minimum Gasteiger partial charge on any atom is -0.311 e. The highest BCUT2D eigenvalue weighted by molar-refractivity contribution is 5.24. The van der Waals surface area contributed by atoms with Crippen LogP contribution in [0, 0.1) is 11.8 Å². The van der Waals surface area contributed by atoms with Gasteiger partial charge >= 0.3 is 0 Å². The summed E-state index contributed by atoms with van der Waals surface area (Å²) in [5, 5.41) is 3.26. The number of nitrogens with zero attached hydrogens (tertiary/aromatic N) is 1. The Bertz CT molecular complexity index is 360. The molecule has 1 heterocycles. The zero-order chi connectivity index (χ0) is 11.1. The van der Waals surface area contributed by atoms with Gasteiger partial charge in [-0.05, 0) is 32.0 Å². The summed E-state index contributed by atoms with van der Waals surface area (Å²) in [6.07, 6.45) is 3.68. The van der Waals surface area contributed by atoms with Gasteiger partial charge in [0.1, 0.15) is 0 Å². The Balaban J connectivity index is 2.93. The van der Waals surface area contributed by atoms with Crippen molar-refractivity contribution in [2.75, 3.05) is 7.05 Å². The van der Waals surface area contributed by atoms with Gasteiger partial charge in [0.2, 0.25) is 0 Å². The lowest BCUT2D eigenvalue weighted by Gasteiger charge is -2.15. The van der Waals surface area contributed by atoms with E-state index in [0.717, 1.165) is 18.5 Å². The van der Waals surface area contributed by atoms with Crippen LogP contribution in [-0.4, -0.2) is 12.0 Å².